The van der Waals surface area contributed by atoms with Crippen molar-refractivity contribution >= 4 is 38.4 Å². The van der Waals surface area contributed by atoms with Crippen LogP contribution in [0.5, 0.6) is 0 Å². The molecule has 0 amide bonds. The summed E-state index contributed by atoms with van der Waals surface area (Å²) in [5, 5.41) is 3.16. The molecule has 0 aromatic heterocycles. The van der Waals surface area contributed by atoms with Crippen LogP contribution in [0.2, 0.25) is 0 Å². The molecule has 4 nitrogen and oxygen atoms in total. The molecule has 0 radical (unpaired) electrons. The van der Waals surface area contributed by atoms with Gasteiger partial charge in [0, 0.05) is 17.1 Å². The lowest BCUT2D eigenvalue weighted by molar-refractivity contribution is 0.536. The first-order valence-electron chi connectivity index (χ1n) is 5.86. The highest BCUT2D eigenvalue weighted by Crippen LogP contribution is 2.19. The van der Waals surface area contributed by atoms with E-state index in [0.29, 0.717) is 11.4 Å². The first kappa shape index (κ1) is 18.9. The molecule has 0 saturated heterocycles. The van der Waals surface area contributed by atoms with Gasteiger partial charge in [0.2, 0.25) is 10.0 Å². The summed E-state index contributed by atoms with van der Waals surface area (Å²) in [5.41, 5.74) is 0.730. The van der Waals surface area contributed by atoms with Crippen molar-refractivity contribution in [2.24, 2.45) is 0 Å². The lowest BCUT2D eigenvalue weighted by Crippen LogP contribution is -2.38. The maximum Gasteiger partial charge on any atom is 0.240 e. The van der Waals surface area contributed by atoms with Crippen LogP contribution in [-0.2, 0) is 10.0 Å². The molecule has 0 aliphatic carbocycles. The highest BCUT2D eigenvalue weighted by molar-refractivity contribution is 9.10. The molecule has 2 N–H and O–H groups in total. The zero-order chi connectivity index (χ0) is 13.8. The summed E-state index contributed by atoms with van der Waals surface area (Å²) in [5.74, 6) is 0. The second-order valence-corrected chi connectivity index (χ2v) is 6.87. The van der Waals surface area contributed by atoms with E-state index in [-0.39, 0.29) is 18.4 Å². The molecule has 0 aliphatic rings. The molecule has 1 atom stereocenters. The zero-order valence-corrected chi connectivity index (χ0v) is 14.5. The lowest BCUT2D eigenvalue weighted by Gasteiger charge is -2.14. The average molecular weight is 372 g/mol. The van der Waals surface area contributed by atoms with Gasteiger partial charge in [-0.1, -0.05) is 22.9 Å². The number of hydrogen-bond donors (Lipinski definition) is 2. The molecule has 0 bridgehead atoms. The van der Waals surface area contributed by atoms with E-state index >= 15 is 0 Å². The molecule has 0 fully saturated rings. The zero-order valence-electron chi connectivity index (χ0n) is 11.2. The Morgan fingerprint density at radius 3 is 2.53 bits per heavy atom. The fourth-order valence-corrected chi connectivity index (χ4v) is 3.48. The van der Waals surface area contributed by atoms with Gasteiger partial charge in [-0.15, -0.1) is 12.4 Å². The number of likely N-dealkylation sites (N-methyl/N-ethyl adjacent to an activating group) is 1. The molecule has 110 valence electrons. The van der Waals surface area contributed by atoms with Gasteiger partial charge in [0.15, 0.2) is 0 Å². The van der Waals surface area contributed by atoms with Gasteiger partial charge in [-0.3, -0.25) is 0 Å². The maximum absolute atomic E-state index is 12.1. The third kappa shape index (κ3) is 5.79. The van der Waals surface area contributed by atoms with E-state index in [9.17, 15) is 8.42 Å². The van der Waals surface area contributed by atoms with E-state index in [1.165, 1.54) is 0 Å². The second-order valence-electron chi connectivity index (χ2n) is 4.22. The number of rotatable bonds is 6. The molecule has 0 spiro atoms. The van der Waals surface area contributed by atoms with Gasteiger partial charge in [-0.25, -0.2) is 13.1 Å². The summed E-state index contributed by atoms with van der Waals surface area (Å²) in [6.07, 6.45) is 0. The van der Waals surface area contributed by atoms with Crippen LogP contribution < -0.4 is 10.0 Å². The van der Waals surface area contributed by atoms with Crippen LogP contribution in [0.3, 0.4) is 0 Å². The maximum atomic E-state index is 12.1. The summed E-state index contributed by atoms with van der Waals surface area (Å²) in [4.78, 5) is 0.328. The number of hydrogen-bond acceptors (Lipinski definition) is 3. The molecule has 0 aliphatic heterocycles. The Morgan fingerprint density at radius 1 is 1.37 bits per heavy atom. The van der Waals surface area contributed by atoms with E-state index in [2.05, 4.69) is 26.0 Å². The highest BCUT2D eigenvalue weighted by Gasteiger charge is 2.17. The summed E-state index contributed by atoms with van der Waals surface area (Å²) >= 11 is 3.32. The van der Waals surface area contributed by atoms with Crippen LogP contribution >= 0.6 is 28.3 Å². The fourth-order valence-electron chi connectivity index (χ4n) is 1.65. The monoisotopic (exact) mass is 370 g/mol. The van der Waals surface area contributed by atoms with Crippen molar-refractivity contribution in [3.8, 4) is 0 Å². The molecule has 0 unspecified atom stereocenters. The minimum atomic E-state index is -3.43. The van der Waals surface area contributed by atoms with E-state index in [1.807, 2.05) is 13.8 Å². The van der Waals surface area contributed by atoms with Crippen molar-refractivity contribution in [2.75, 3.05) is 13.1 Å². The Bertz CT molecular complexity index is 508. The van der Waals surface area contributed by atoms with Crippen molar-refractivity contribution < 1.29 is 8.42 Å². The van der Waals surface area contributed by atoms with Crippen LogP contribution in [0.15, 0.2) is 27.6 Å². The van der Waals surface area contributed by atoms with Gasteiger partial charge in [0.05, 0.1) is 4.90 Å². The van der Waals surface area contributed by atoms with Gasteiger partial charge in [-0.2, -0.15) is 0 Å². The Labute approximate surface area is 130 Å². The molecular weight excluding hydrogens is 352 g/mol. The van der Waals surface area contributed by atoms with Gasteiger partial charge in [0.1, 0.15) is 0 Å². The molecule has 7 heteroatoms. The predicted octanol–water partition coefficient (Wildman–Crippen LogP) is 2.46. The van der Waals surface area contributed by atoms with E-state index in [4.69, 9.17) is 0 Å². The Morgan fingerprint density at radius 2 is 2.00 bits per heavy atom. The smallest absolute Gasteiger partial charge is 0.240 e. The Balaban J connectivity index is 0.00000324. The van der Waals surface area contributed by atoms with Crippen molar-refractivity contribution in [1.82, 2.24) is 10.0 Å². The average Bonchev–Trinajstić information content (AvgIpc) is 2.26. The largest absolute Gasteiger partial charge is 0.313 e. The lowest BCUT2D eigenvalue weighted by atomic mass is 10.2. The minimum absolute atomic E-state index is 0. The first-order valence-corrected chi connectivity index (χ1v) is 8.13. The van der Waals surface area contributed by atoms with Gasteiger partial charge in [0.25, 0.3) is 0 Å². The fraction of sp³-hybridized carbons (Fsp3) is 0.500. The van der Waals surface area contributed by atoms with Crippen LogP contribution in [0.1, 0.15) is 19.4 Å². The van der Waals surface area contributed by atoms with Gasteiger partial charge >= 0.3 is 0 Å². The van der Waals surface area contributed by atoms with Crippen LogP contribution in [-0.4, -0.2) is 27.5 Å². The molecule has 0 saturated carbocycles. The third-order valence-electron chi connectivity index (χ3n) is 2.56. The number of benzene rings is 1. The number of halogens is 2. The second kappa shape index (κ2) is 8.21. The number of sulfonamides is 1. The van der Waals surface area contributed by atoms with Crippen LogP contribution in [0.4, 0.5) is 0 Å². The third-order valence-corrected chi connectivity index (χ3v) is 4.64. The van der Waals surface area contributed by atoms with Crippen LogP contribution in [0.25, 0.3) is 0 Å². The number of nitrogens with one attached hydrogen (secondary N) is 2. The van der Waals surface area contributed by atoms with Crippen molar-refractivity contribution in [3.63, 3.8) is 0 Å². The van der Waals surface area contributed by atoms with Crippen molar-refractivity contribution in [1.29, 1.82) is 0 Å². The SMILES string of the molecule is CCN[C@H](C)CNS(=O)(=O)c1ccc(Br)cc1C.Cl. The molecule has 0 heterocycles. The van der Waals surface area contributed by atoms with E-state index in [0.717, 1.165) is 16.6 Å². The topological polar surface area (TPSA) is 58.2 Å². The Hall–Kier alpha value is -0.140. The predicted molar refractivity (Wildman–Crippen MR) is 84.5 cm³/mol. The molecular formula is C12H20BrClN2O2S. The van der Waals surface area contributed by atoms with Gasteiger partial charge in [-0.05, 0) is 44.2 Å². The summed E-state index contributed by atoms with van der Waals surface area (Å²) in [7, 11) is -3.43. The highest BCUT2D eigenvalue weighted by atomic mass is 79.9. The van der Waals surface area contributed by atoms with Crippen molar-refractivity contribution in [2.45, 2.75) is 31.7 Å². The standard InChI is InChI=1S/C12H19BrN2O2S.ClH/c1-4-14-10(3)8-15-18(16,17)12-6-5-11(13)7-9(12)2;/h5-7,10,14-15H,4,8H2,1-3H3;1H/t10-;/m1./s1. The van der Waals surface area contributed by atoms with Crippen molar-refractivity contribution in [3.05, 3.63) is 28.2 Å². The molecule has 1 aromatic carbocycles. The quantitative estimate of drug-likeness (QED) is 0.807. The summed E-state index contributed by atoms with van der Waals surface area (Å²) in [6, 6.07) is 5.25. The van der Waals surface area contributed by atoms with Gasteiger partial charge < -0.3 is 5.32 Å². The molecule has 1 rings (SSSR count). The molecule has 19 heavy (non-hydrogen) atoms. The minimum Gasteiger partial charge on any atom is -0.313 e. The molecule has 1 aromatic rings. The summed E-state index contributed by atoms with van der Waals surface area (Å²) in [6.45, 7) is 6.92. The summed E-state index contributed by atoms with van der Waals surface area (Å²) < 4.78 is 27.7. The number of aryl methyl sites for hydroxylation is 1. The van der Waals surface area contributed by atoms with Crippen LogP contribution in [0, 0.1) is 6.92 Å². The first-order chi connectivity index (χ1) is 8.36. The van der Waals surface area contributed by atoms with E-state index in [1.54, 1.807) is 25.1 Å². The Kier molecular flexibility index (Phi) is 8.15. The van der Waals surface area contributed by atoms with E-state index < -0.39 is 10.0 Å². The normalized spacial score (nSPS) is 12.8.